The Morgan fingerprint density at radius 2 is 2.00 bits per heavy atom. The Morgan fingerprint density at radius 1 is 1.22 bits per heavy atom. The average Bonchev–Trinajstić information content (AvgIpc) is 2.75. The van der Waals surface area contributed by atoms with Gasteiger partial charge in [-0.05, 0) is 36.4 Å². The molecule has 0 bridgehead atoms. The third kappa shape index (κ3) is 4.20. The summed E-state index contributed by atoms with van der Waals surface area (Å²) in [6.07, 6.45) is 0.854. The number of carbonyl (C=O) groups excluding carboxylic acids is 1. The molecule has 1 aliphatic heterocycles. The number of carboxylic acid groups (broad SMARTS) is 1. The molecule has 0 saturated carbocycles. The van der Waals surface area contributed by atoms with E-state index in [1.54, 1.807) is 4.90 Å². The van der Waals surface area contributed by atoms with E-state index >= 15 is 0 Å². The van der Waals surface area contributed by atoms with E-state index < -0.39 is 29.5 Å². The molecule has 1 amide bonds. The number of halogens is 3. The molecule has 3 aromatic rings. The summed E-state index contributed by atoms with van der Waals surface area (Å²) in [4.78, 5) is 34.0. The zero-order valence-electron chi connectivity index (χ0n) is 17.0. The molecule has 7 nitrogen and oxygen atoms in total. The third-order valence-electron chi connectivity index (χ3n) is 5.47. The van der Waals surface area contributed by atoms with Crippen LogP contribution < -0.4 is 10.2 Å². The van der Waals surface area contributed by atoms with Gasteiger partial charge in [0.15, 0.2) is 0 Å². The molecule has 0 aliphatic carbocycles. The van der Waals surface area contributed by atoms with Crippen LogP contribution in [0.15, 0.2) is 42.6 Å². The fraction of sp³-hybridized carbons (Fsp3) is 0.273. The summed E-state index contributed by atoms with van der Waals surface area (Å²) in [7, 11) is 0. The van der Waals surface area contributed by atoms with Crippen molar-refractivity contribution in [1.29, 1.82) is 0 Å². The van der Waals surface area contributed by atoms with Crippen LogP contribution >= 0.6 is 0 Å². The lowest BCUT2D eigenvalue weighted by atomic mass is 9.95. The molecule has 2 N–H and O–H groups in total. The van der Waals surface area contributed by atoms with E-state index in [-0.39, 0.29) is 42.3 Å². The second-order valence-corrected chi connectivity index (χ2v) is 7.74. The summed E-state index contributed by atoms with van der Waals surface area (Å²) >= 11 is 0. The third-order valence-corrected chi connectivity index (χ3v) is 5.47. The highest BCUT2D eigenvalue weighted by Crippen LogP contribution is 2.36. The Labute approximate surface area is 180 Å². The van der Waals surface area contributed by atoms with Crippen molar-refractivity contribution in [3.8, 4) is 0 Å². The minimum absolute atomic E-state index is 0.00423. The number of hydrogen-bond acceptors (Lipinski definition) is 5. The van der Waals surface area contributed by atoms with Crippen LogP contribution in [-0.2, 0) is 0 Å². The van der Waals surface area contributed by atoms with Crippen molar-refractivity contribution in [2.24, 2.45) is 5.92 Å². The smallest absolute Gasteiger partial charge is 0.354 e. The fourth-order valence-corrected chi connectivity index (χ4v) is 3.65. The predicted molar refractivity (Wildman–Crippen MR) is 112 cm³/mol. The molecule has 1 atom stereocenters. The Hall–Kier alpha value is -3.69. The Kier molecular flexibility index (Phi) is 5.45. The molecule has 166 valence electrons. The Balaban J connectivity index is 1.74. The predicted octanol–water partition coefficient (Wildman–Crippen LogP) is 4.20. The van der Waals surface area contributed by atoms with Gasteiger partial charge in [-0.1, -0.05) is 6.92 Å². The molecule has 2 aromatic heterocycles. The molecular weight excluding hydrogens is 425 g/mol. The fourth-order valence-electron chi connectivity index (χ4n) is 3.65. The highest BCUT2D eigenvalue weighted by atomic mass is 19.3. The van der Waals surface area contributed by atoms with E-state index in [1.807, 2.05) is 0 Å². The van der Waals surface area contributed by atoms with Crippen LogP contribution in [-0.4, -0.2) is 46.0 Å². The van der Waals surface area contributed by atoms with Crippen molar-refractivity contribution in [1.82, 2.24) is 9.97 Å². The van der Waals surface area contributed by atoms with E-state index in [0.717, 1.165) is 0 Å². The van der Waals surface area contributed by atoms with Crippen LogP contribution in [0.5, 0.6) is 0 Å². The number of hydrogen-bond donors (Lipinski definition) is 2. The summed E-state index contributed by atoms with van der Waals surface area (Å²) in [6.45, 7) is 1.42. The minimum Gasteiger partial charge on any atom is -0.477 e. The second-order valence-electron chi connectivity index (χ2n) is 7.74. The van der Waals surface area contributed by atoms with Crippen molar-refractivity contribution in [3.05, 3.63) is 59.7 Å². The number of anilines is 2. The lowest BCUT2D eigenvalue weighted by Crippen LogP contribution is -2.46. The zero-order chi connectivity index (χ0) is 23.0. The number of nitrogens with one attached hydrogen (secondary N) is 1. The van der Waals surface area contributed by atoms with Gasteiger partial charge in [0.1, 0.15) is 17.3 Å². The van der Waals surface area contributed by atoms with Crippen LogP contribution in [0.2, 0.25) is 0 Å². The van der Waals surface area contributed by atoms with Crippen molar-refractivity contribution >= 4 is 34.3 Å². The van der Waals surface area contributed by atoms with Gasteiger partial charge in [0.05, 0.1) is 11.1 Å². The van der Waals surface area contributed by atoms with Crippen molar-refractivity contribution in [3.63, 3.8) is 0 Å². The Morgan fingerprint density at radius 3 is 2.72 bits per heavy atom. The van der Waals surface area contributed by atoms with E-state index in [0.29, 0.717) is 10.9 Å². The van der Waals surface area contributed by atoms with Crippen LogP contribution in [0.4, 0.5) is 24.7 Å². The molecule has 1 saturated heterocycles. The topological polar surface area (TPSA) is 95.4 Å². The first kappa shape index (κ1) is 21.5. The van der Waals surface area contributed by atoms with Crippen LogP contribution in [0.1, 0.15) is 34.2 Å². The second kappa shape index (κ2) is 8.10. The summed E-state index contributed by atoms with van der Waals surface area (Å²) < 4.78 is 41.8. The largest absolute Gasteiger partial charge is 0.477 e. The van der Waals surface area contributed by atoms with Crippen LogP contribution in [0, 0.1) is 11.7 Å². The molecule has 3 heterocycles. The summed E-state index contributed by atoms with van der Waals surface area (Å²) in [6, 6.07) is 7.98. The number of fused-ring (bicyclic) bond motifs is 1. The first-order valence-electron chi connectivity index (χ1n) is 9.88. The Bertz CT molecular complexity index is 1220. The van der Waals surface area contributed by atoms with Gasteiger partial charge in [-0.2, -0.15) is 0 Å². The quantitative estimate of drug-likeness (QED) is 0.626. The first-order chi connectivity index (χ1) is 15.1. The van der Waals surface area contributed by atoms with Gasteiger partial charge in [-0.3, -0.25) is 4.79 Å². The molecule has 0 radical (unpaired) electrons. The van der Waals surface area contributed by atoms with E-state index in [9.17, 15) is 22.8 Å². The number of alkyl halides is 2. The molecule has 1 fully saturated rings. The molecule has 32 heavy (non-hydrogen) atoms. The van der Waals surface area contributed by atoms with Gasteiger partial charge in [0, 0.05) is 42.7 Å². The molecule has 0 spiro atoms. The van der Waals surface area contributed by atoms with Crippen LogP contribution in [0.3, 0.4) is 0 Å². The zero-order valence-corrected chi connectivity index (χ0v) is 17.0. The maximum Gasteiger partial charge on any atom is 0.354 e. The van der Waals surface area contributed by atoms with E-state index in [4.69, 9.17) is 5.11 Å². The van der Waals surface area contributed by atoms with Crippen LogP contribution in [0.25, 0.3) is 10.9 Å². The van der Waals surface area contributed by atoms with Gasteiger partial charge in [0.25, 0.3) is 11.8 Å². The van der Waals surface area contributed by atoms with E-state index in [1.165, 1.54) is 49.5 Å². The van der Waals surface area contributed by atoms with E-state index in [2.05, 4.69) is 15.3 Å². The number of nitrogens with zero attached hydrogens (tertiary/aromatic N) is 3. The van der Waals surface area contributed by atoms with Gasteiger partial charge in [-0.15, -0.1) is 0 Å². The van der Waals surface area contributed by atoms with Gasteiger partial charge in [0.2, 0.25) is 0 Å². The number of carbonyl (C=O) groups is 2. The average molecular weight is 444 g/mol. The van der Waals surface area contributed by atoms with Gasteiger partial charge in [-0.25, -0.2) is 27.9 Å². The number of aromatic carboxylic acids is 1. The van der Waals surface area contributed by atoms with Crippen molar-refractivity contribution < 1.29 is 27.9 Å². The standard InChI is InChI=1S/C22H19F3N4O3/c1-12-11-29(7-5-22(12,24)25)19-16(9-13-8-14(23)2-3-17(13)28-19)20(30)27-15-4-6-26-18(10-15)21(31)32/h2-4,6,8-10,12H,5,7,11H2,1H3,(H,31,32)(H,26,27,30). The minimum atomic E-state index is -2.82. The number of pyridine rings is 2. The molecule has 1 unspecified atom stereocenters. The van der Waals surface area contributed by atoms with Gasteiger partial charge < -0.3 is 15.3 Å². The molecule has 4 rings (SSSR count). The number of benzene rings is 1. The highest BCUT2D eigenvalue weighted by molar-refractivity contribution is 6.09. The number of piperidine rings is 1. The maximum absolute atomic E-state index is 14.0. The lowest BCUT2D eigenvalue weighted by molar-refractivity contribution is -0.0652. The first-order valence-corrected chi connectivity index (χ1v) is 9.88. The monoisotopic (exact) mass is 444 g/mol. The van der Waals surface area contributed by atoms with Crippen molar-refractivity contribution in [2.75, 3.05) is 23.3 Å². The summed E-state index contributed by atoms with van der Waals surface area (Å²) in [5, 5.41) is 12.1. The van der Waals surface area contributed by atoms with Gasteiger partial charge >= 0.3 is 5.97 Å². The lowest BCUT2D eigenvalue weighted by Gasteiger charge is -2.38. The summed E-state index contributed by atoms with van der Waals surface area (Å²) in [5.41, 5.74) is 0.411. The molecular formula is C22H19F3N4O3. The normalized spacial score (nSPS) is 17.9. The highest BCUT2D eigenvalue weighted by Gasteiger charge is 2.42. The maximum atomic E-state index is 14.0. The number of rotatable bonds is 4. The number of carboxylic acids is 1. The van der Waals surface area contributed by atoms with Crippen molar-refractivity contribution in [2.45, 2.75) is 19.3 Å². The SMILES string of the molecule is CC1CN(c2nc3ccc(F)cc3cc2C(=O)Nc2ccnc(C(=O)O)c2)CCC1(F)F. The number of aromatic nitrogens is 2. The molecule has 10 heteroatoms. The summed E-state index contributed by atoms with van der Waals surface area (Å²) in [5.74, 6) is -5.96. The molecule has 1 aromatic carbocycles. The molecule has 1 aliphatic rings. The number of amides is 1.